The number of carboxylic acid groups (broad SMARTS) is 1. The lowest BCUT2D eigenvalue weighted by molar-refractivity contribution is -0.238. The van der Waals surface area contributed by atoms with E-state index in [9.17, 15) is 14.7 Å². The minimum atomic E-state index is -1.66. The lowest BCUT2D eigenvalue weighted by atomic mass is 9.93. The van der Waals surface area contributed by atoms with Gasteiger partial charge in [-0.2, -0.15) is 0 Å². The first-order valence-corrected chi connectivity index (χ1v) is 8.07. The number of hydrogen-bond acceptors (Lipinski definition) is 4. The highest BCUT2D eigenvalue weighted by Crippen LogP contribution is 2.32. The third-order valence-corrected chi connectivity index (χ3v) is 4.08. The number of methoxy groups -OCH3 is 2. The van der Waals surface area contributed by atoms with Gasteiger partial charge in [-0.25, -0.2) is 4.79 Å². The van der Waals surface area contributed by atoms with E-state index < -0.39 is 29.4 Å². The fourth-order valence-corrected chi connectivity index (χ4v) is 2.86. The van der Waals surface area contributed by atoms with Crippen molar-refractivity contribution >= 4 is 12.0 Å². The summed E-state index contributed by atoms with van der Waals surface area (Å²) >= 11 is 0. The predicted molar refractivity (Wildman–Crippen MR) is 86.2 cm³/mol. The molecule has 0 spiro atoms. The van der Waals surface area contributed by atoms with E-state index in [4.69, 9.17) is 9.47 Å². The topological polar surface area (TPSA) is 88.1 Å². The van der Waals surface area contributed by atoms with Gasteiger partial charge >= 0.3 is 6.09 Å². The number of amides is 2. The average molecular weight is 330 g/mol. The molecule has 0 aliphatic heterocycles. The van der Waals surface area contributed by atoms with Crippen molar-refractivity contribution in [1.29, 1.82) is 0 Å². The minimum absolute atomic E-state index is 0.127. The van der Waals surface area contributed by atoms with Crippen LogP contribution >= 0.6 is 0 Å². The van der Waals surface area contributed by atoms with Crippen LogP contribution in [0.2, 0.25) is 0 Å². The summed E-state index contributed by atoms with van der Waals surface area (Å²) in [6.45, 7) is 7.31. The zero-order valence-electron chi connectivity index (χ0n) is 15.0. The molecule has 0 aromatic rings. The van der Waals surface area contributed by atoms with Gasteiger partial charge in [0, 0.05) is 25.8 Å². The maximum absolute atomic E-state index is 12.8. The van der Waals surface area contributed by atoms with Crippen LogP contribution < -0.4 is 5.32 Å². The third-order valence-electron chi connectivity index (χ3n) is 4.08. The lowest BCUT2D eigenvalue weighted by Crippen LogP contribution is -2.67. The normalized spacial score (nSPS) is 16.8. The molecule has 0 heterocycles. The summed E-state index contributed by atoms with van der Waals surface area (Å²) in [6, 6.07) is -0.624. The molecule has 2 N–H and O–H groups in total. The molecule has 2 amide bonds. The van der Waals surface area contributed by atoms with Gasteiger partial charge < -0.3 is 19.9 Å². The van der Waals surface area contributed by atoms with Crippen molar-refractivity contribution in [2.45, 2.75) is 76.8 Å². The number of ether oxygens (including phenoxy) is 2. The van der Waals surface area contributed by atoms with Crippen molar-refractivity contribution in [3.05, 3.63) is 0 Å². The first-order valence-electron chi connectivity index (χ1n) is 8.07. The van der Waals surface area contributed by atoms with Gasteiger partial charge in [-0.1, -0.05) is 13.3 Å². The van der Waals surface area contributed by atoms with Crippen LogP contribution in [0.4, 0.5) is 4.79 Å². The van der Waals surface area contributed by atoms with Gasteiger partial charge in [-0.3, -0.25) is 9.69 Å². The Labute approximate surface area is 138 Å². The predicted octanol–water partition coefficient (Wildman–Crippen LogP) is 2.20. The van der Waals surface area contributed by atoms with E-state index in [2.05, 4.69) is 5.32 Å². The Hall–Kier alpha value is -1.34. The Morgan fingerprint density at radius 1 is 1.26 bits per heavy atom. The van der Waals surface area contributed by atoms with E-state index in [1.165, 1.54) is 19.1 Å². The molecule has 1 saturated carbocycles. The number of hydrogen-bond donors (Lipinski definition) is 2. The minimum Gasteiger partial charge on any atom is -0.465 e. The third kappa shape index (κ3) is 4.35. The Balaban J connectivity index is 3.27. The lowest BCUT2D eigenvalue weighted by Gasteiger charge is -2.46. The van der Waals surface area contributed by atoms with E-state index in [1.54, 1.807) is 20.8 Å². The first kappa shape index (κ1) is 19.7. The molecule has 0 aromatic heterocycles. The van der Waals surface area contributed by atoms with Gasteiger partial charge in [-0.05, 0) is 40.0 Å². The van der Waals surface area contributed by atoms with Crippen LogP contribution in [0, 0.1) is 0 Å². The van der Waals surface area contributed by atoms with Crippen molar-refractivity contribution in [2.75, 3.05) is 14.2 Å². The van der Waals surface area contributed by atoms with Gasteiger partial charge in [0.15, 0.2) is 0 Å². The maximum Gasteiger partial charge on any atom is 0.408 e. The van der Waals surface area contributed by atoms with Crippen LogP contribution in [0.3, 0.4) is 0 Å². The molecule has 0 radical (unpaired) electrons. The molecule has 0 aromatic carbocycles. The zero-order chi connectivity index (χ0) is 17.8. The molecule has 0 bridgehead atoms. The highest BCUT2D eigenvalue weighted by molar-refractivity contribution is 5.86. The van der Waals surface area contributed by atoms with Crippen LogP contribution in [0.15, 0.2) is 0 Å². The van der Waals surface area contributed by atoms with Crippen molar-refractivity contribution < 1.29 is 24.2 Å². The van der Waals surface area contributed by atoms with E-state index >= 15 is 0 Å². The Bertz CT molecular complexity index is 425. The molecule has 0 saturated heterocycles. The largest absolute Gasteiger partial charge is 0.465 e. The second-order valence-electron chi connectivity index (χ2n) is 6.95. The molecule has 1 aliphatic carbocycles. The number of rotatable bonds is 8. The van der Waals surface area contributed by atoms with Crippen molar-refractivity contribution in [2.24, 2.45) is 0 Å². The summed E-state index contributed by atoms with van der Waals surface area (Å²) in [5, 5.41) is 12.6. The molecular weight excluding hydrogens is 300 g/mol. The zero-order valence-corrected chi connectivity index (χ0v) is 15.0. The van der Waals surface area contributed by atoms with Crippen molar-refractivity contribution in [3.8, 4) is 0 Å². The van der Waals surface area contributed by atoms with Gasteiger partial charge in [0.05, 0.1) is 6.04 Å². The standard InChI is InChI=1S/C16H30N2O5/c1-7-8-12(18(14(20)21)15(2,3)4)16(22-5,23-6)13(19)17-11-9-10-11/h11-12H,7-10H2,1-6H3,(H,17,19)(H,20,21). The Kier molecular flexibility index (Phi) is 6.41. The number of carbonyl (C=O) groups is 2. The van der Waals surface area contributed by atoms with Crippen molar-refractivity contribution in [1.82, 2.24) is 10.2 Å². The highest BCUT2D eigenvalue weighted by Gasteiger charge is 2.53. The molecule has 7 heteroatoms. The smallest absolute Gasteiger partial charge is 0.408 e. The molecule has 134 valence electrons. The summed E-state index contributed by atoms with van der Waals surface area (Å²) in [5.74, 6) is -2.08. The maximum atomic E-state index is 12.8. The summed E-state index contributed by atoms with van der Waals surface area (Å²) in [4.78, 5) is 25.9. The van der Waals surface area contributed by atoms with Gasteiger partial charge in [0.1, 0.15) is 0 Å². The number of nitrogens with one attached hydrogen (secondary N) is 1. The summed E-state index contributed by atoms with van der Waals surface area (Å²) < 4.78 is 11.0. The van der Waals surface area contributed by atoms with E-state index in [0.29, 0.717) is 12.8 Å². The second kappa shape index (κ2) is 7.49. The Morgan fingerprint density at radius 3 is 2.09 bits per heavy atom. The van der Waals surface area contributed by atoms with Crippen molar-refractivity contribution in [3.63, 3.8) is 0 Å². The van der Waals surface area contributed by atoms with Crippen LogP contribution in [0.5, 0.6) is 0 Å². The van der Waals surface area contributed by atoms with E-state index in [-0.39, 0.29) is 6.04 Å². The quantitative estimate of drug-likeness (QED) is 0.666. The van der Waals surface area contributed by atoms with Gasteiger partial charge in [-0.15, -0.1) is 0 Å². The second-order valence-corrected chi connectivity index (χ2v) is 6.95. The van der Waals surface area contributed by atoms with Crippen LogP contribution in [0.25, 0.3) is 0 Å². The molecular formula is C16H30N2O5. The Morgan fingerprint density at radius 2 is 1.78 bits per heavy atom. The van der Waals surface area contributed by atoms with Crippen LogP contribution in [-0.4, -0.2) is 59.6 Å². The average Bonchev–Trinajstić information content (AvgIpc) is 3.22. The van der Waals surface area contributed by atoms with Gasteiger partial charge in [0.2, 0.25) is 0 Å². The number of nitrogens with zero attached hydrogens (tertiary/aromatic N) is 1. The SMILES string of the molecule is CCCC(N(C(=O)O)C(C)(C)C)C(OC)(OC)C(=O)NC1CC1. The monoisotopic (exact) mass is 330 g/mol. The summed E-state index contributed by atoms with van der Waals surface area (Å²) in [7, 11) is 2.75. The van der Waals surface area contributed by atoms with Crippen LogP contribution in [-0.2, 0) is 14.3 Å². The highest BCUT2D eigenvalue weighted by atomic mass is 16.7. The molecule has 1 fully saturated rings. The molecule has 23 heavy (non-hydrogen) atoms. The summed E-state index contributed by atoms with van der Waals surface area (Å²) in [5.41, 5.74) is -0.701. The molecule has 1 atom stereocenters. The summed E-state index contributed by atoms with van der Waals surface area (Å²) in [6.07, 6.45) is 1.89. The molecule has 1 rings (SSSR count). The van der Waals surface area contributed by atoms with E-state index in [1.807, 2.05) is 6.92 Å². The molecule has 1 unspecified atom stereocenters. The van der Waals surface area contributed by atoms with Crippen LogP contribution in [0.1, 0.15) is 53.4 Å². The number of carbonyl (C=O) groups excluding carboxylic acids is 1. The fraction of sp³-hybridized carbons (Fsp3) is 0.875. The molecule has 1 aliphatic rings. The van der Waals surface area contributed by atoms with Gasteiger partial charge in [0.25, 0.3) is 11.7 Å². The molecule has 7 nitrogen and oxygen atoms in total. The first-order chi connectivity index (χ1) is 10.6. The fourth-order valence-electron chi connectivity index (χ4n) is 2.86. The van der Waals surface area contributed by atoms with E-state index in [0.717, 1.165) is 12.8 Å².